The van der Waals surface area contributed by atoms with Gasteiger partial charge in [-0.3, -0.25) is 0 Å². The summed E-state index contributed by atoms with van der Waals surface area (Å²) in [4.78, 5) is 11.1. The lowest BCUT2D eigenvalue weighted by Gasteiger charge is -2.04. The highest BCUT2D eigenvalue weighted by Crippen LogP contribution is 2.31. The van der Waals surface area contributed by atoms with Gasteiger partial charge in [-0.2, -0.15) is 0 Å². The molecule has 86 valence electrons. The van der Waals surface area contributed by atoms with Crippen LogP contribution in [-0.4, -0.2) is 12.6 Å². The fraction of sp³-hybridized carbons (Fsp3) is 0.182. The molecule has 0 bridgehead atoms. The largest absolute Gasteiger partial charge is 0.463 e. The van der Waals surface area contributed by atoms with E-state index < -0.39 is 5.97 Å². The molecule has 2 N–H and O–H groups in total. The lowest BCUT2D eigenvalue weighted by Crippen LogP contribution is -1.98. The second-order valence-corrected chi connectivity index (χ2v) is 3.73. The zero-order valence-electron chi connectivity index (χ0n) is 8.67. The van der Waals surface area contributed by atoms with Gasteiger partial charge in [0.05, 0.1) is 22.3 Å². The minimum absolute atomic E-state index is 0.300. The maximum atomic E-state index is 11.1. The van der Waals surface area contributed by atoms with Crippen molar-refractivity contribution in [2.24, 2.45) is 0 Å². The van der Waals surface area contributed by atoms with Crippen LogP contribution in [0.1, 0.15) is 12.5 Å². The van der Waals surface area contributed by atoms with Crippen LogP contribution in [0, 0.1) is 0 Å². The monoisotopic (exact) mass is 259 g/mol. The molecule has 0 saturated heterocycles. The average Bonchev–Trinajstić information content (AvgIpc) is 2.25. The molecule has 3 nitrogen and oxygen atoms in total. The third-order valence-corrected chi connectivity index (χ3v) is 2.59. The van der Waals surface area contributed by atoms with Crippen molar-refractivity contribution in [2.45, 2.75) is 6.92 Å². The van der Waals surface area contributed by atoms with Gasteiger partial charge in [0.1, 0.15) is 0 Å². The summed E-state index contributed by atoms with van der Waals surface area (Å²) in [6.45, 7) is 2.07. The number of rotatable bonds is 3. The molecule has 5 heteroatoms. The van der Waals surface area contributed by atoms with Crippen molar-refractivity contribution < 1.29 is 9.53 Å². The highest BCUT2D eigenvalue weighted by atomic mass is 35.5. The van der Waals surface area contributed by atoms with Gasteiger partial charge < -0.3 is 10.5 Å². The second-order valence-electron chi connectivity index (χ2n) is 2.95. The van der Waals surface area contributed by atoms with Crippen LogP contribution in [0.5, 0.6) is 0 Å². The Morgan fingerprint density at radius 3 is 2.81 bits per heavy atom. The van der Waals surface area contributed by atoms with Crippen LogP contribution in [0.3, 0.4) is 0 Å². The zero-order valence-corrected chi connectivity index (χ0v) is 10.2. The SMILES string of the molecule is CCOC(=O)/C=C/c1ccc(Cl)c(N)c1Cl. The number of carbonyl (C=O) groups is 1. The summed E-state index contributed by atoms with van der Waals surface area (Å²) in [5.41, 5.74) is 6.56. The van der Waals surface area contributed by atoms with Crippen molar-refractivity contribution in [3.63, 3.8) is 0 Å². The summed E-state index contributed by atoms with van der Waals surface area (Å²) >= 11 is 11.7. The van der Waals surface area contributed by atoms with Crippen molar-refractivity contribution in [2.75, 3.05) is 12.3 Å². The van der Waals surface area contributed by atoms with Crippen LogP contribution in [0.15, 0.2) is 18.2 Å². The highest BCUT2D eigenvalue weighted by Gasteiger charge is 2.05. The number of hydrogen-bond acceptors (Lipinski definition) is 3. The molecule has 0 aliphatic rings. The Morgan fingerprint density at radius 2 is 2.19 bits per heavy atom. The number of hydrogen-bond donors (Lipinski definition) is 1. The third-order valence-electron chi connectivity index (χ3n) is 1.84. The van der Waals surface area contributed by atoms with E-state index in [1.807, 2.05) is 0 Å². The molecule has 0 unspecified atom stereocenters. The minimum atomic E-state index is -0.424. The smallest absolute Gasteiger partial charge is 0.330 e. The molecule has 1 rings (SSSR count). The Labute approximate surface area is 104 Å². The molecule has 0 amide bonds. The maximum absolute atomic E-state index is 11.1. The van der Waals surface area contributed by atoms with E-state index >= 15 is 0 Å². The van der Waals surface area contributed by atoms with Gasteiger partial charge in [0.25, 0.3) is 0 Å². The first-order valence-electron chi connectivity index (χ1n) is 4.64. The summed E-state index contributed by atoms with van der Waals surface area (Å²) in [5.74, 6) is -0.424. The van der Waals surface area contributed by atoms with E-state index in [-0.39, 0.29) is 0 Å². The Bertz CT molecular complexity index is 430. The lowest BCUT2D eigenvalue weighted by molar-refractivity contribution is -0.137. The maximum Gasteiger partial charge on any atom is 0.330 e. The minimum Gasteiger partial charge on any atom is -0.463 e. The number of carbonyl (C=O) groups excluding carboxylic acids is 1. The summed E-state index contributed by atoms with van der Waals surface area (Å²) < 4.78 is 4.73. The molecule has 1 aromatic rings. The van der Waals surface area contributed by atoms with E-state index in [2.05, 4.69) is 0 Å². The van der Waals surface area contributed by atoms with E-state index in [4.69, 9.17) is 33.7 Å². The fourth-order valence-corrected chi connectivity index (χ4v) is 1.50. The van der Waals surface area contributed by atoms with Crippen molar-refractivity contribution >= 4 is 40.9 Å². The molecule has 0 aliphatic heterocycles. The van der Waals surface area contributed by atoms with E-state index in [0.717, 1.165) is 0 Å². The predicted molar refractivity (Wildman–Crippen MR) is 66.5 cm³/mol. The molecule has 0 radical (unpaired) electrons. The van der Waals surface area contributed by atoms with Crippen molar-refractivity contribution in [3.8, 4) is 0 Å². The average molecular weight is 260 g/mol. The summed E-state index contributed by atoms with van der Waals surface area (Å²) in [6, 6.07) is 3.30. The molecule has 0 aromatic heterocycles. The van der Waals surface area contributed by atoms with Crippen molar-refractivity contribution in [1.29, 1.82) is 0 Å². The molecule has 0 atom stereocenters. The standard InChI is InChI=1S/C11H11Cl2NO2/c1-2-16-9(15)6-4-7-3-5-8(12)11(14)10(7)13/h3-6H,2,14H2,1H3/b6-4+. The summed E-state index contributed by atoms with van der Waals surface area (Å²) in [6.07, 6.45) is 2.82. The molecule has 0 heterocycles. The zero-order chi connectivity index (χ0) is 12.1. The van der Waals surface area contributed by atoms with Gasteiger partial charge in [0, 0.05) is 6.08 Å². The summed E-state index contributed by atoms with van der Waals surface area (Å²) in [7, 11) is 0. The quantitative estimate of drug-likeness (QED) is 0.516. The number of esters is 1. The number of ether oxygens (including phenoxy) is 1. The second kappa shape index (κ2) is 5.77. The molecule has 1 aromatic carbocycles. The number of benzene rings is 1. The van der Waals surface area contributed by atoms with Crippen LogP contribution in [-0.2, 0) is 9.53 Å². The van der Waals surface area contributed by atoms with Gasteiger partial charge >= 0.3 is 5.97 Å². The first kappa shape index (κ1) is 12.9. The first-order valence-corrected chi connectivity index (χ1v) is 5.40. The third kappa shape index (κ3) is 3.15. The number of anilines is 1. The van der Waals surface area contributed by atoms with Gasteiger partial charge in [-0.15, -0.1) is 0 Å². The van der Waals surface area contributed by atoms with Crippen molar-refractivity contribution in [3.05, 3.63) is 33.8 Å². The Hall–Kier alpha value is -1.19. The number of nitrogen functional groups attached to an aromatic ring is 1. The lowest BCUT2D eigenvalue weighted by atomic mass is 10.2. The molecular weight excluding hydrogens is 249 g/mol. The normalized spacial score (nSPS) is 10.7. The van der Waals surface area contributed by atoms with Crippen LogP contribution in [0.2, 0.25) is 10.0 Å². The highest BCUT2D eigenvalue weighted by molar-refractivity contribution is 6.39. The van der Waals surface area contributed by atoms with Gasteiger partial charge in [-0.1, -0.05) is 29.3 Å². The van der Waals surface area contributed by atoms with Gasteiger partial charge in [0.15, 0.2) is 0 Å². The fourth-order valence-electron chi connectivity index (χ4n) is 1.06. The van der Waals surface area contributed by atoms with Gasteiger partial charge in [-0.25, -0.2) is 4.79 Å². The predicted octanol–water partition coefficient (Wildman–Crippen LogP) is 3.15. The van der Waals surface area contributed by atoms with Crippen LogP contribution < -0.4 is 5.73 Å². The van der Waals surface area contributed by atoms with E-state index in [0.29, 0.717) is 27.9 Å². The molecule has 0 spiro atoms. The van der Waals surface area contributed by atoms with Crippen molar-refractivity contribution in [1.82, 2.24) is 0 Å². The van der Waals surface area contributed by atoms with E-state index in [1.54, 1.807) is 19.1 Å². The molecule has 0 saturated carbocycles. The topological polar surface area (TPSA) is 52.3 Å². The van der Waals surface area contributed by atoms with E-state index in [1.165, 1.54) is 12.2 Å². The number of halogens is 2. The van der Waals surface area contributed by atoms with Gasteiger partial charge in [0.2, 0.25) is 0 Å². The molecule has 16 heavy (non-hydrogen) atoms. The first-order chi connectivity index (χ1) is 7.56. The van der Waals surface area contributed by atoms with Crippen LogP contribution >= 0.6 is 23.2 Å². The van der Waals surface area contributed by atoms with Gasteiger partial charge in [-0.05, 0) is 24.6 Å². The number of nitrogens with two attached hydrogens (primary N) is 1. The molecule has 0 aliphatic carbocycles. The Kier molecular flexibility index (Phi) is 4.65. The molecular formula is C11H11Cl2NO2. The Balaban J connectivity index is 2.90. The summed E-state index contributed by atoms with van der Waals surface area (Å²) in [5, 5.41) is 0.714. The van der Waals surface area contributed by atoms with Crippen LogP contribution in [0.4, 0.5) is 5.69 Å². The molecule has 0 fully saturated rings. The van der Waals surface area contributed by atoms with Crippen LogP contribution in [0.25, 0.3) is 6.08 Å². The van der Waals surface area contributed by atoms with E-state index in [9.17, 15) is 4.79 Å². The Morgan fingerprint density at radius 1 is 1.50 bits per heavy atom.